The molecule has 2 fully saturated rings. The van der Waals surface area contributed by atoms with Gasteiger partial charge in [-0.1, -0.05) is 40.9 Å². The van der Waals surface area contributed by atoms with E-state index in [0.717, 1.165) is 43.9 Å². The fourth-order valence-corrected chi connectivity index (χ4v) is 4.86. The highest BCUT2D eigenvalue weighted by molar-refractivity contribution is 6.42. The summed E-state index contributed by atoms with van der Waals surface area (Å²) in [4.78, 5) is 17.3. The number of benzene rings is 2. The van der Waals surface area contributed by atoms with Crippen LogP contribution in [0.25, 0.3) is 0 Å². The molecule has 0 unspecified atom stereocenters. The van der Waals surface area contributed by atoms with E-state index in [4.69, 9.17) is 39.5 Å². The van der Waals surface area contributed by atoms with Crippen LogP contribution in [0.1, 0.15) is 35.2 Å². The molecule has 0 aliphatic carbocycles. The number of halogens is 3. The molecular weight excluding hydrogens is 469 g/mol. The molecule has 4 rings (SSSR count). The number of rotatable bonds is 8. The molecule has 172 valence electrons. The second-order valence-electron chi connectivity index (χ2n) is 8.49. The average molecular weight is 497 g/mol. The summed E-state index contributed by atoms with van der Waals surface area (Å²) in [5.74, 6) is 0.608. The molecule has 2 saturated heterocycles. The fraction of sp³-hybridized carbons (Fsp3) is 0.458. The number of ether oxygens (including phenoxy) is 1. The smallest absolute Gasteiger partial charge is 0.251 e. The molecular formula is C24H28Cl3N3O2. The lowest BCUT2D eigenvalue weighted by atomic mass is 10.2. The average Bonchev–Trinajstić information content (AvgIpc) is 3.44. The summed E-state index contributed by atoms with van der Waals surface area (Å²) in [6.07, 6.45) is 3.47. The van der Waals surface area contributed by atoms with Gasteiger partial charge >= 0.3 is 0 Å². The van der Waals surface area contributed by atoms with Gasteiger partial charge in [0.15, 0.2) is 0 Å². The van der Waals surface area contributed by atoms with Crippen LogP contribution in [-0.2, 0) is 6.54 Å². The van der Waals surface area contributed by atoms with Crippen LogP contribution in [0.2, 0.25) is 15.1 Å². The first-order chi connectivity index (χ1) is 15.5. The van der Waals surface area contributed by atoms with Gasteiger partial charge in [-0.3, -0.25) is 14.6 Å². The predicted molar refractivity (Wildman–Crippen MR) is 130 cm³/mol. The minimum atomic E-state index is -0.131. The molecule has 0 radical (unpaired) electrons. The van der Waals surface area contributed by atoms with E-state index in [1.165, 1.54) is 25.9 Å². The van der Waals surface area contributed by atoms with Crippen molar-refractivity contribution in [3.8, 4) is 5.75 Å². The third-order valence-electron chi connectivity index (χ3n) is 6.06. The lowest BCUT2D eigenvalue weighted by molar-refractivity contribution is 0.0937. The Morgan fingerprint density at radius 2 is 1.78 bits per heavy atom. The molecule has 2 aliphatic rings. The highest BCUT2D eigenvalue weighted by Gasteiger charge is 2.24. The Bertz CT molecular complexity index is 950. The van der Waals surface area contributed by atoms with Crippen LogP contribution >= 0.6 is 34.8 Å². The molecule has 1 amide bonds. The SMILES string of the molecule is O=C(N[C@H]1CCN(Cc2ccc(OCCN3CCCC3)c(Cl)c2)C1)c1ccc(Cl)c(Cl)c1. The van der Waals surface area contributed by atoms with Crippen LogP contribution in [0.5, 0.6) is 5.75 Å². The Morgan fingerprint density at radius 3 is 2.53 bits per heavy atom. The number of nitrogens with zero attached hydrogens (tertiary/aromatic N) is 2. The standard InChI is InChI=1S/C24H28Cl3N3O2/c25-20-5-4-18(14-21(20)26)24(31)28-19-7-10-30(16-19)15-17-3-6-23(22(27)13-17)32-12-11-29-8-1-2-9-29/h3-6,13-14,19H,1-2,7-12,15-16H2,(H,28,31)/t19-/m0/s1. The molecule has 2 aromatic rings. The number of hydrogen-bond acceptors (Lipinski definition) is 4. The quantitative estimate of drug-likeness (QED) is 0.550. The number of hydrogen-bond donors (Lipinski definition) is 1. The number of likely N-dealkylation sites (tertiary alicyclic amines) is 2. The Hall–Kier alpha value is -1.50. The van der Waals surface area contributed by atoms with Crippen molar-refractivity contribution in [3.63, 3.8) is 0 Å². The van der Waals surface area contributed by atoms with E-state index in [0.29, 0.717) is 27.2 Å². The highest BCUT2D eigenvalue weighted by atomic mass is 35.5. The van der Waals surface area contributed by atoms with Crippen molar-refractivity contribution < 1.29 is 9.53 Å². The van der Waals surface area contributed by atoms with Gasteiger partial charge in [0, 0.05) is 37.8 Å². The first kappa shape index (κ1) is 23.7. The van der Waals surface area contributed by atoms with Gasteiger partial charge in [0.1, 0.15) is 12.4 Å². The van der Waals surface area contributed by atoms with E-state index in [1.807, 2.05) is 12.1 Å². The topological polar surface area (TPSA) is 44.8 Å². The van der Waals surface area contributed by atoms with Gasteiger partial charge in [0.25, 0.3) is 5.91 Å². The second-order valence-corrected chi connectivity index (χ2v) is 9.71. The zero-order valence-corrected chi connectivity index (χ0v) is 20.2. The number of carbonyl (C=O) groups is 1. The summed E-state index contributed by atoms with van der Waals surface area (Å²) in [6.45, 7) is 6.43. The van der Waals surface area contributed by atoms with Gasteiger partial charge in [-0.25, -0.2) is 0 Å². The summed E-state index contributed by atoms with van der Waals surface area (Å²) >= 11 is 18.4. The van der Waals surface area contributed by atoms with Gasteiger partial charge in [-0.05, 0) is 68.2 Å². The predicted octanol–water partition coefficient (Wildman–Crippen LogP) is 5.13. The van der Waals surface area contributed by atoms with Gasteiger partial charge in [-0.2, -0.15) is 0 Å². The summed E-state index contributed by atoms with van der Waals surface area (Å²) in [7, 11) is 0. The lowest BCUT2D eigenvalue weighted by Gasteiger charge is -2.18. The Kier molecular flexibility index (Phi) is 8.19. The van der Waals surface area contributed by atoms with E-state index in [2.05, 4.69) is 21.2 Å². The zero-order valence-electron chi connectivity index (χ0n) is 18.0. The molecule has 0 aromatic heterocycles. The van der Waals surface area contributed by atoms with Crippen LogP contribution in [0.4, 0.5) is 0 Å². The fourth-order valence-electron chi connectivity index (χ4n) is 4.31. The van der Waals surface area contributed by atoms with Crippen LogP contribution in [-0.4, -0.2) is 61.1 Å². The van der Waals surface area contributed by atoms with Crippen LogP contribution in [0.15, 0.2) is 36.4 Å². The first-order valence-electron chi connectivity index (χ1n) is 11.1. The number of carbonyl (C=O) groups excluding carboxylic acids is 1. The van der Waals surface area contributed by atoms with Crippen molar-refractivity contribution in [2.75, 3.05) is 39.3 Å². The van der Waals surface area contributed by atoms with E-state index < -0.39 is 0 Å². The molecule has 0 bridgehead atoms. The van der Waals surface area contributed by atoms with Gasteiger partial charge < -0.3 is 10.1 Å². The summed E-state index contributed by atoms with van der Waals surface area (Å²) in [5, 5.41) is 4.56. The van der Waals surface area contributed by atoms with Gasteiger partial charge in [-0.15, -0.1) is 0 Å². The summed E-state index contributed by atoms with van der Waals surface area (Å²) < 4.78 is 5.89. The number of nitrogens with one attached hydrogen (secondary N) is 1. The van der Waals surface area contributed by atoms with Crippen molar-refractivity contribution in [2.24, 2.45) is 0 Å². The van der Waals surface area contributed by atoms with Crippen molar-refractivity contribution in [2.45, 2.75) is 31.8 Å². The zero-order chi connectivity index (χ0) is 22.5. The summed E-state index contributed by atoms with van der Waals surface area (Å²) in [6, 6.07) is 11.0. The van der Waals surface area contributed by atoms with Crippen molar-refractivity contribution >= 4 is 40.7 Å². The maximum Gasteiger partial charge on any atom is 0.251 e. The highest BCUT2D eigenvalue weighted by Crippen LogP contribution is 2.27. The molecule has 32 heavy (non-hydrogen) atoms. The normalized spacial score (nSPS) is 19.4. The van der Waals surface area contributed by atoms with Crippen LogP contribution in [0, 0.1) is 0 Å². The molecule has 8 heteroatoms. The van der Waals surface area contributed by atoms with Gasteiger partial charge in [0.2, 0.25) is 0 Å². The largest absolute Gasteiger partial charge is 0.491 e. The minimum absolute atomic E-state index is 0.0978. The third kappa shape index (κ3) is 6.30. The first-order valence-corrected chi connectivity index (χ1v) is 12.2. The van der Waals surface area contributed by atoms with Crippen molar-refractivity contribution in [1.29, 1.82) is 0 Å². The molecule has 5 nitrogen and oxygen atoms in total. The molecule has 0 spiro atoms. The lowest BCUT2D eigenvalue weighted by Crippen LogP contribution is -2.37. The molecule has 2 aromatic carbocycles. The van der Waals surface area contributed by atoms with E-state index in [-0.39, 0.29) is 11.9 Å². The van der Waals surface area contributed by atoms with Crippen molar-refractivity contribution in [3.05, 3.63) is 62.6 Å². The minimum Gasteiger partial charge on any atom is -0.491 e. The van der Waals surface area contributed by atoms with E-state index >= 15 is 0 Å². The maximum absolute atomic E-state index is 12.5. The van der Waals surface area contributed by atoms with E-state index in [9.17, 15) is 4.79 Å². The molecule has 2 aliphatic heterocycles. The Morgan fingerprint density at radius 1 is 0.969 bits per heavy atom. The molecule has 0 saturated carbocycles. The molecule has 2 heterocycles. The Labute approximate surface area is 204 Å². The van der Waals surface area contributed by atoms with Crippen molar-refractivity contribution in [1.82, 2.24) is 15.1 Å². The van der Waals surface area contributed by atoms with Crippen LogP contribution < -0.4 is 10.1 Å². The maximum atomic E-state index is 12.5. The second kappa shape index (κ2) is 11.1. The monoisotopic (exact) mass is 495 g/mol. The number of amides is 1. The van der Waals surface area contributed by atoms with Gasteiger partial charge in [0.05, 0.1) is 15.1 Å². The van der Waals surface area contributed by atoms with E-state index in [1.54, 1.807) is 18.2 Å². The molecule has 1 N–H and O–H groups in total. The molecule has 1 atom stereocenters. The Balaban J connectivity index is 1.24. The van der Waals surface area contributed by atoms with Crippen LogP contribution in [0.3, 0.4) is 0 Å². The third-order valence-corrected chi connectivity index (χ3v) is 7.09. The summed E-state index contributed by atoms with van der Waals surface area (Å²) in [5.41, 5.74) is 1.66.